The van der Waals surface area contributed by atoms with Gasteiger partial charge in [0.25, 0.3) is 0 Å². The second-order valence-electron chi connectivity index (χ2n) is 8.08. The molecule has 160 valence electrons. The zero-order chi connectivity index (χ0) is 21.7. The van der Waals surface area contributed by atoms with Crippen molar-refractivity contribution < 1.29 is 9.53 Å². The molecule has 7 heteroatoms. The van der Waals surface area contributed by atoms with Crippen LogP contribution in [0, 0.1) is 0 Å². The molecule has 0 fully saturated rings. The van der Waals surface area contributed by atoms with E-state index in [2.05, 4.69) is 53.3 Å². The number of rotatable bonds is 6. The first-order valence-corrected chi connectivity index (χ1v) is 11.2. The molecule has 30 heavy (non-hydrogen) atoms. The highest BCUT2D eigenvalue weighted by Crippen LogP contribution is 2.30. The Morgan fingerprint density at radius 3 is 2.57 bits per heavy atom. The first kappa shape index (κ1) is 22.0. The molecule has 1 aromatic carbocycles. The van der Waals surface area contributed by atoms with Crippen molar-refractivity contribution in [3.63, 3.8) is 0 Å². The fraction of sp³-hybridized carbons (Fsp3) is 0.435. The monoisotopic (exact) mass is 427 g/mol. The highest BCUT2D eigenvalue weighted by atomic mass is 32.1. The van der Waals surface area contributed by atoms with E-state index in [0.717, 1.165) is 34.7 Å². The van der Waals surface area contributed by atoms with Gasteiger partial charge in [0.1, 0.15) is 18.7 Å². The van der Waals surface area contributed by atoms with Gasteiger partial charge >= 0.3 is 6.09 Å². The van der Waals surface area contributed by atoms with Crippen LogP contribution in [0.4, 0.5) is 10.5 Å². The molecule has 0 saturated carbocycles. The molecule has 3 rings (SSSR count). The van der Waals surface area contributed by atoms with E-state index in [1.54, 1.807) is 11.3 Å². The van der Waals surface area contributed by atoms with Crippen molar-refractivity contribution in [2.24, 2.45) is 0 Å². The smallest absolute Gasteiger partial charge is 0.407 e. The Kier molecular flexibility index (Phi) is 6.92. The van der Waals surface area contributed by atoms with Gasteiger partial charge in [-0.3, -0.25) is 0 Å². The number of carbonyl (C=O) groups excluding carboxylic acids is 1. The quantitative estimate of drug-likeness (QED) is 0.352. The number of alkyl carbamates (subject to hydrolysis) is 1. The lowest BCUT2D eigenvalue weighted by atomic mass is 10.2. The molecule has 1 aliphatic heterocycles. The zero-order valence-corrected chi connectivity index (χ0v) is 19.2. The van der Waals surface area contributed by atoms with Gasteiger partial charge in [-0.05, 0) is 58.9 Å². The second-order valence-corrected chi connectivity index (χ2v) is 9.16. The summed E-state index contributed by atoms with van der Waals surface area (Å²) >= 11 is 1.75. The number of aromatic nitrogens is 1. The summed E-state index contributed by atoms with van der Waals surface area (Å²) in [6.45, 7) is 13.0. The van der Waals surface area contributed by atoms with Gasteiger partial charge in [0.05, 0.1) is 20.8 Å². The van der Waals surface area contributed by atoms with Crippen molar-refractivity contribution in [2.45, 2.75) is 40.2 Å². The standard InChI is InChI=1S/C23H30N4O2S/c1-6-27(7-2)17-9-11-19-21(15-17)30-20-14-16(8-10-18(20)26-19)24-12-13-25-22(28)29-23(3,4)5/h8-11,14-15H,6-7,12-13H2,1-5H3,(H,25,28)/p+1. The molecule has 1 aromatic rings. The van der Waals surface area contributed by atoms with E-state index in [9.17, 15) is 4.79 Å². The molecule has 1 amide bonds. The lowest BCUT2D eigenvalue weighted by Crippen LogP contribution is -2.34. The van der Waals surface area contributed by atoms with E-state index in [1.807, 2.05) is 32.9 Å². The van der Waals surface area contributed by atoms with Gasteiger partial charge in [0.2, 0.25) is 5.36 Å². The zero-order valence-electron chi connectivity index (χ0n) is 18.4. The van der Waals surface area contributed by atoms with E-state index in [-0.39, 0.29) is 0 Å². The van der Waals surface area contributed by atoms with Crippen LogP contribution in [0.15, 0.2) is 36.4 Å². The van der Waals surface area contributed by atoms with Crippen molar-refractivity contribution in [1.82, 2.24) is 14.9 Å². The summed E-state index contributed by atoms with van der Waals surface area (Å²) in [7, 11) is 0. The van der Waals surface area contributed by atoms with E-state index >= 15 is 0 Å². The number of nitrogens with one attached hydrogen (secondary N) is 2. The number of ether oxygens (including phenoxy) is 1. The van der Waals surface area contributed by atoms with Crippen LogP contribution in [-0.2, 0) is 4.74 Å². The SMILES string of the molecule is CC[N+](CC)=c1ccc2nc3ccc(NCCNC(=O)OC(C)(C)C)cc3sc-2c1. The number of nitrogens with zero attached hydrogens (tertiary/aromatic N) is 2. The van der Waals surface area contributed by atoms with Crippen LogP contribution in [0.1, 0.15) is 34.6 Å². The first-order valence-electron chi connectivity index (χ1n) is 10.4. The molecule has 2 aliphatic rings. The van der Waals surface area contributed by atoms with Crippen LogP contribution in [0.2, 0.25) is 0 Å². The number of benzene rings is 2. The summed E-state index contributed by atoms with van der Waals surface area (Å²) in [6.07, 6.45) is -0.398. The number of amides is 1. The first-order chi connectivity index (χ1) is 14.3. The highest BCUT2D eigenvalue weighted by Gasteiger charge is 2.15. The molecule has 0 spiro atoms. The molecule has 0 unspecified atom stereocenters. The summed E-state index contributed by atoms with van der Waals surface area (Å²) in [4.78, 5) is 17.7. The van der Waals surface area contributed by atoms with Gasteiger partial charge in [0, 0.05) is 30.9 Å². The summed E-state index contributed by atoms with van der Waals surface area (Å²) in [5, 5.41) is 7.34. The molecular weight excluding hydrogens is 396 g/mol. The van der Waals surface area contributed by atoms with Crippen molar-refractivity contribution in [3.05, 3.63) is 41.8 Å². The van der Waals surface area contributed by atoms with Gasteiger partial charge in [-0.15, -0.1) is 11.3 Å². The maximum Gasteiger partial charge on any atom is 0.407 e. The molecular formula is C23H31N4O2S+. The van der Waals surface area contributed by atoms with Crippen molar-refractivity contribution >= 4 is 33.3 Å². The summed E-state index contributed by atoms with van der Waals surface area (Å²) in [5.74, 6) is 0. The minimum absolute atomic E-state index is 0.398. The normalized spacial score (nSPS) is 11.5. The van der Waals surface area contributed by atoms with Crippen LogP contribution < -0.4 is 20.6 Å². The molecule has 0 radical (unpaired) electrons. The Hall–Kier alpha value is -2.67. The van der Waals surface area contributed by atoms with Gasteiger partial charge < -0.3 is 15.4 Å². The average Bonchev–Trinajstić information content (AvgIpc) is 2.69. The third-order valence-corrected chi connectivity index (χ3v) is 5.71. The summed E-state index contributed by atoms with van der Waals surface area (Å²) in [5.41, 5.74) is 2.52. The molecule has 2 N–H and O–H groups in total. The van der Waals surface area contributed by atoms with E-state index in [1.165, 1.54) is 10.2 Å². The Labute approximate surface area is 182 Å². The minimum atomic E-state index is -0.488. The predicted molar refractivity (Wildman–Crippen MR) is 125 cm³/mol. The van der Waals surface area contributed by atoms with Crippen LogP contribution in [0.25, 0.3) is 20.8 Å². The largest absolute Gasteiger partial charge is 0.444 e. The Morgan fingerprint density at radius 1 is 1.10 bits per heavy atom. The molecule has 0 atom stereocenters. The van der Waals surface area contributed by atoms with Gasteiger partial charge in [-0.2, -0.15) is 0 Å². The Morgan fingerprint density at radius 2 is 1.87 bits per heavy atom. The average molecular weight is 428 g/mol. The van der Waals surface area contributed by atoms with Crippen molar-refractivity contribution in [1.29, 1.82) is 0 Å². The number of fused-ring (bicyclic) bond motifs is 2. The number of hydrogen-bond acceptors (Lipinski definition) is 5. The number of hydrogen-bond donors (Lipinski definition) is 2. The van der Waals surface area contributed by atoms with Crippen molar-refractivity contribution in [2.75, 3.05) is 31.5 Å². The Balaban J connectivity index is 1.73. The summed E-state index contributed by atoms with van der Waals surface area (Å²) < 4.78 is 8.71. The molecule has 0 saturated heterocycles. The van der Waals surface area contributed by atoms with E-state index in [0.29, 0.717) is 13.1 Å². The minimum Gasteiger partial charge on any atom is -0.444 e. The molecule has 0 aromatic heterocycles. The fourth-order valence-electron chi connectivity index (χ4n) is 3.19. The van der Waals surface area contributed by atoms with E-state index < -0.39 is 11.7 Å². The molecule has 1 heterocycles. The maximum atomic E-state index is 11.7. The molecule has 0 bridgehead atoms. The molecule has 1 aliphatic carbocycles. The van der Waals surface area contributed by atoms with Crippen LogP contribution in [0.5, 0.6) is 0 Å². The van der Waals surface area contributed by atoms with E-state index in [4.69, 9.17) is 9.72 Å². The van der Waals surface area contributed by atoms with Crippen molar-refractivity contribution in [3.8, 4) is 10.6 Å². The second kappa shape index (κ2) is 9.43. The third-order valence-electron chi connectivity index (χ3n) is 4.61. The predicted octanol–water partition coefficient (Wildman–Crippen LogP) is 4.15. The fourth-order valence-corrected chi connectivity index (χ4v) is 4.23. The van der Waals surface area contributed by atoms with Crippen LogP contribution in [0.3, 0.4) is 0 Å². The number of anilines is 1. The van der Waals surface area contributed by atoms with Gasteiger partial charge in [-0.25, -0.2) is 14.4 Å². The van der Waals surface area contributed by atoms with Gasteiger partial charge in [0.15, 0.2) is 0 Å². The number of carbonyl (C=O) groups is 1. The lowest BCUT2D eigenvalue weighted by Gasteiger charge is -2.19. The topological polar surface area (TPSA) is 66.3 Å². The van der Waals surface area contributed by atoms with Crippen LogP contribution >= 0.6 is 11.3 Å². The Bertz CT molecular complexity index is 1060. The lowest BCUT2D eigenvalue weighted by molar-refractivity contribution is 0.0530. The van der Waals surface area contributed by atoms with Gasteiger partial charge in [-0.1, -0.05) is 0 Å². The summed E-state index contributed by atoms with van der Waals surface area (Å²) in [6, 6.07) is 12.6. The maximum absolute atomic E-state index is 11.7. The van der Waals surface area contributed by atoms with Crippen LogP contribution in [-0.4, -0.2) is 42.9 Å². The highest BCUT2D eigenvalue weighted by molar-refractivity contribution is 7.21. The third kappa shape index (κ3) is 5.69. The molecule has 6 nitrogen and oxygen atoms in total.